The summed E-state index contributed by atoms with van der Waals surface area (Å²) in [5.74, 6) is -0.117. The molecule has 0 radical (unpaired) electrons. The van der Waals surface area contributed by atoms with Crippen LogP contribution in [-0.2, 0) is 11.3 Å². The van der Waals surface area contributed by atoms with Gasteiger partial charge in [-0.1, -0.05) is 28.1 Å². The molecule has 108 valence electrons. The number of nitriles is 1. The molecule has 2 rings (SSSR count). The van der Waals surface area contributed by atoms with Gasteiger partial charge in [-0.25, -0.2) is 0 Å². The van der Waals surface area contributed by atoms with Crippen LogP contribution < -0.4 is 5.32 Å². The van der Waals surface area contributed by atoms with Crippen LogP contribution in [0.15, 0.2) is 40.2 Å². The number of halogens is 1. The van der Waals surface area contributed by atoms with Gasteiger partial charge in [0.25, 0.3) is 0 Å². The number of amides is 1. The fourth-order valence-electron chi connectivity index (χ4n) is 1.86. The maximum absolute atomic E-state index is 12.0. The smallest absolute Gasteiger partial charge is 0.239 e. The van der Waals surface area contributed by atoms with Gasteiger partial charge in [0.15, 0.2) is 0 Å². The quantitative estimate of drug-likeness (QED) is 0.884. The molecule has 0 aliphatic rings. The third kappa shape index (κ3) is 4.67. The number of thiophene rings is 1. The number of likely N-dealkylation sites (N-methyl/N-ethyl adjacent to an activating group) is 1. The van der Waals surface area contributed by atoms with E-state index < -0.39 is 0 Å². The summed E-state index contributed by atoms with van der Waals surface area (Å²) in [4.78, 5) is 13.9. The average molecular weight is 364 g/mol. The van der Waals surface area contributed by atoms with Crippen LogP contribution in [0, 0.1) is 11.3 Å². The van der Waals surface area contributed by atoms with Crippen molar-refractivity contribution in [2.45, 2.75) is 6.54 Å². The summed E-state index contributed by atoms with van der Waals surface area (Å²) >= 11 is 4.75. The molecule has 0 aliphatic carbocycles. The van der Waals surface area contributed by atoms with E-state index in [0.29, 0.717) is 17.1 Å². The molecule has 6 heteroatoms. The van der Waals surface area contributed by atoms with Crippen molar-refractivity contribution in [3.8, 4) is 6.07 Å². The molecule has 0 bridgehead atoms. The van der Waals surface area contributed by atoms with Crippen molar-refractivity contribution in [1.29, 1.82) is 5.26 Å². The lowest BCUT2D eigenvalue weighted by atomic mass is 10.2. The number of benzene rings is 1. The molecule has 1 aromatic heterocycles. The van der Waals surface area contributed by atoms with Gasteiger partial charge in [0.05, 0.1) is 12.1 Å². The molecule has 21 heavy (non-hydrogen) atoms. The first kappa shape index (κ1) is 15.7. The van der Waals surface area contributed by atoms with Crippen LogP contribution in [-0.4, -0.2) is 24.4 Å². The number of nitrogens with zero attached hydrogens (tertiary/aromatic N) is 2. The number of anilines is 1. The molecule has 1 aromatic carbocycles. The number of hydrogen-bond acceptors (Lipinski definition) is 4. The molecule has 0 saturated carbocycles. The number of rotatable bonds is 5. The Bertz CT molecular complexity index is 660. The second-order valence-electron chi connectivity index (χ2n) is 4.62. The second-order valence-corrected chi connectivity index (χ2v) is 6.45. The molecule has 1 amide bonds. The van der Waals surface area contributed by atoms with Crippen LogP contribution in [0.3, 0.4) is 0 Å². The Kier molecular flexibility index (Phi) is 5.51. The third-order valence-electron chi connectivity index (χ3n) is 2.82. The van der Waals surface area contributed by atoms with Crippen LogP contribution in [0.2, 0.25) is 0 Å². The molecular formula is C15H14BrN3OS. The van der Waals surface area contributed by atoms with Gasteiger partial charge >= 0.3 is 0 Å². The van der Waals surface area contributed by atoms with Crippen molar-refractivity contribution >= 4 is 38.2 Å². The van der Waals surface area contributed by atoms with Crippen molar-refractivity contribution in [1.82, 2.24) is 4.90 Å². The van der Waals surface area contributed by atoms with E-state index in [1.807, 2.05) is 36.2 Å². The van der Waals surface area contributed by atoms with E-state index in [4.69, 9.17) is 5.26 Å². The Hall–Kier alpha value is -1.68. The summed E-state index contributed by atoms with van der Waals surface area (Å²) in [6.45, 7) is 0.967. The molecule has 2 aromatic rings. The largest absolute Gasteiger partial charge is 0.315 e. The van der Waals surface area contributed by atoms with Gasteiger partial charge in [0.2, 0.25) is 5.91 Å². The molecule has 0 fully saturated rings. The van der Waals surface area contributed by atoms with E-state index in [1.54, 1.807) is 11.4 Å². The Labute approximate surface area is 136 Å². The highest BCUT2D eigenvalue weighted by Gasteiger charge is 2.10. The fourth-order valence-corrected chi connectivity index (χ4v) is 2.88. The minimum absolute atomic E-state index is 0.117. The zero-order valence-electron chi connectivity index (χ0n) is 11.5. The maximum Gasteiger partial charge on any atom is 0.239 e. The minimum atomic E-state index is -0.117. The highest BCUT2D eigenvalue weighted by Crippen LogP contribution is 2.22. The Morgan fingerprint density at radius 3 is 2.76 bits per heavy atom. The predicted octanol–water partition coefficient (Wildman–Crippen LogP) is 3.45. The van der Waals surface area contributed by atoms with E-state index in [1.165, 1.54) is 11.3 Å². The lowest BCUT2D eigenvalue weighted by Crippen LogP contribution is -2.29. The second kappa shape index (κ2) is 7.36. The SMILES string of the molecule is CN(CC(=O)Nc1sccc1C#N)Cc1ccc(Br)cc1. The Morgan fingerprint density at radius 2 is 2.10 bits per heavy atom. The van der Waals surface area contributed by atoms with Gasteiger partial charge in [-0.3, -0.25) is 9.69 Å². The first-order valence-electron chi connectivity index (χ1n) is 6.29. The van der Waals surface area contributed by atoms with Crippen molar-refractivity contribution < 1.29 is 4.79 Å². The summed E-state index contributed by atoms with van der Waals surface area (Å²) in [7, 11) is 1.89. The van der Waals surface area contributed by atoms with E-state index in [9.17, 15) is 4.79 Å². The third-order valence-corrected chi connectivity index (χ3v) is 4.18. The molecule has 1 N–H and O–H groups in total. The number of hydrogen-bond donors (Lipinski definition) is 1. The molecule has 0 saturated heterocycles. The van der Waals surface area contributed by atoms with Crippen LogP contribution >= 0.6 is 27.3 Å². The summed E-state index contributed by atoms with van der Waals surface area (Å²) in [5, 5.41) is 14.1. The van der Waals surface area contributed by atoms with Crippen LogP contribution in [0.4, 0.5) is 5.00 Å². The van der Waals surface area contributed by atoms with Crippen molar-refractivity contribution in [3.63, 3.8) is 0 Å². The standard InChI is InChI=1S/C15H14BrN3OS/c1-19(9-11-2-4-13(16)5-3-11)10-14(20)18-15-12(8-17)6-7-21-15/h2-7H,9-10H2,1H3,(H,18,20). The minimum Gasteiger partial charge on any atom is -0.315 e. The number of carbonyl (C=O) groups excluding carboxylic acids is 1. The summed E-state index contributed by atoms with van der Waals surface area (Å²) in [6.07, 6.45) is 0. The maximum atomic E-state index is 12.0. The summed E-state index contributed by atoms with van der Waals surface area (Å²) in [6, 6.07) is 11.8. The lowest BCUT2D eigenvalue weighted by molar-refractivity contribution is -0.117. The fraction of sp³-hybridized carbons (Fsp3) is 0.200. The number of carbonyl (C=O) groups is 1. The Balaban J connectivity index is 1.87. The zero-order valence-corrected chi connectivity index (χ0v) is 13.9. The van der Waals surface area contributed by atoms with E-state index in [2.05, 4.69) is 27.3 Å². The van der Waals surface area contributed by atoms with Gasteiger partial charge in [-0.15, -0.1) is 11.3 Å². The van der Waals surface area contributed by atoms with E-state index in [-0.39, 0.29) is 12.5 Å². The normalized spacial score (nSPS) is 10.4. The average Bonchev–Trinajstić information content (AvgIpc) is 2.88. The zero-order chi connectivity index (χ0) is 15.2. The van der Waals surface area contributed by atoms with Gasteiger partial charge in [-0.05, 0) is 36.2 Å². The van der Waals surface area contributed by atoms with Crippen molar-refractivity contribution in [2.24, 2.45) is 0 Å². The first-order chi connectivity index (χ1) is 10.1. The monoisotopic (exact) mass is 363 g/mol. The van der Waals surface area contributed by atoms with Crippen LogP contribution in [0.1, 0.15) is 11.1 Å². The van der Waals surface area contributed by atoms with Crippen LogP contribution in [0.25, 0.3) is 0 Å². The van der Waals surface area contributed by atoms with Crippen molar-refractivity contribution in [3.05, 3.63) is 51.3 Å². The van der Waals surface area contributed by atoms with Crippen molar-refractivity contribution in [2.75, 3.05) is 18.9 Å². The van der Waals surface area contributed by atoms with Gasteiger partial charge < -0.3 is 5.32 Å². The summed E-state index contributed by atoms with van der Waals surface area (Å²) in [5.41, 5.74) is 1.64. The molecule has 1 heterocycles. The molecule has 0 unspecified atom stereocenters. The molecule has 0 atom stereocenters. The molecule has 0 aliphatic heterocycles. The first-order valence-corrected chi connectivity index (χ1v) is 7.96. The van der Waals surface area contributed by atoms with Gasteiger partial charge in [0.1, 0.15) is 11.1 Å². The van der Waals surface area contributed by atoms with E-state index >= 15 is 0 Å². The molecular weight excluding hydrogens is 350 g/mol. The van der Waals surface area contributed by atoms with Crippen LogP contribution in [0.5, 0.6) is 0 Å². The highest BCUT2D eigenvalue weighted by molar-refractivity contribution is 9.10. The van der Waals surface area contributed by atoms with Gasteiger partial charge in [0, 0.05) is 11.0 Å². The highest BCUT2D eigenvalue weighted by atomic mass is 79.9. The van der Waals surface area contributed by atoms with E-state index in [0.717, 1.165) is 10.0 Å². The summed E-state index contributed by atoms with van der Waals surface area (Å²) < 4.78 is 1.04. The lowest BCUT2D eigenvalue weighted by Gasteiger charge is -2.16. The molecule has 0 spiro atoms. The Morgan fingerprint density at radius 1 is 1.38 bits per heavy atom. The molecule has 4 nitrogen and oxygen atoms in total. The topological polar surface area (TPSA) is 56.1 Å². The predicted molar refractivity (Wildman–Crippen MR) is 88.1 cm³/mol. The number of nitrogens with one attached hydrogen (secondary N) is 1. The van der Waals surface area contributed by atoms with Gasteiger partial charge in [-0.2, -0.15) is 5.26 Å².